The summed E-state index contributed by atoms with van der Waals surface area (Å²) in [6, 6.07) is 5.28. The monoisotopic (exact) mass is 264 g/mol. The number of carbonyl (C=O) groups excluding carboxylic acids is 1. The summed E-state index contributed by atoms with van der Waals surface area (Å²) >= 11 is 0. The highest BCUT2D eigenvalue weighted by atomic mass is 16.5. The smallest absolute Gasteiger partial charge is 0.269 e. The molecule has 0 saturated carbocycles. The lowest BCUT2D eigenvalue weighted by molar-refractivity contribution is 0.0166. The summed E-state index contributed by atoms with van der Waals surface area (Å²) in [5.41, 5.74) is 0.447. The third kappa shape index (κ3) is 4.96. The van der Waals surface area contributed by atoms with Gasteiger partial charge in [-0.25, -0.2) is 0 Å². The van der Waals surface area contributed by atoms with Gasteiger partial charge in [0.25, 0.3) is 5.91 Å². The van der Waals surface area contributed by atoms with E-state index >= 15 is 0 Å². The van der Waals surface area contributed by atoms with Gasteiger partial charge in [0.15, 0.2) is 0 Å². The third-order valence-corrected chi connectivity index (χ3v) is 2.98. The molecule has 1 fully saturated rings. The first-order chi connectivity index (χ1) is 9.36. The van der Waals surface area contributed by atoms with Gasteiger partial charge >= 0.3 is 0 Å². The number of amides is 1. The van der Waals surface area contributed by atoms with E-state index in [1.807, 2.05) is 0 Å². The molecule has 1 aliphatic heterocycles. The summed E-state index contributed by atoms with van der Waals surface area (Å²) in [5, 5.41) is 2.81. The van der Waals surface area contributed by atoms with Gasteiger partial charge in [0.05, 0.1) is 12.7 Å². The molecule has 1 aromatic heterocycles. The predicted molar refractivity (Wildman–Crippen MR) is 71.0 cm³/mol. The van der Waals surface area contributed by atoms with Crippen LogP contribution in [0, 0.1) is 0 Å². The van der Waals surface area contributed by atoms with E-state index in [0.29, 0.717) is 25.5 Å². The van der Waals surface area contributed by atoms with E-state index in [2.05, 4.69) is 10.3 Å². The van der Waals surface area contributed by atoms with E-state index in [9.17, 15) is 4.79 Å². The molecule has 5 heteroatoms. The summed E-state index contributed by atoms with van der Waals surface area (Å²) in [4.78, 5) is 15.6. The molecule has 2 rings (SSSR count). The van der Waals surface area contributed by atoms with Crippen LogP contribution in [-0.2, 0) is 9.47 Å². The topological polar surface area (TPSA) is 60.5 Å². The van der Waals surface area contributed by atoms with Crippen LogP contribution < -0.4 is 5.32 Å². The molecule has 1 N–H and O–H groups in total. The zero-order valence-electron chi connectivity index (χ0n) is 11.0. The van der Waals surface area contributed by atoms with Crippen LogP contribution in [0.25, 0.3) is 0 Å². The number of pyridine rings is 1. The maximum absolute atomic E-state index is 11.7. The molecule has 104 valence electrons. The molecule has 1 atom stereocenters. The Hall–Kier alpha value is -1.46. The molecule has 0 aliphatic carbocycles. The molecule has 1 saturated heterocycles. The summed E-state index contributed by atoms with van der Waals surface area (Å²) in [6.45, 7) is 2.76. The first kappa shape index (κ1) is 14.0. The van der Waals surface area contributed by atoms with Crippen molar-refractivity contribution in [3.8, 4) is 0 Å². The van der Waals surface area contributed by atoms with Gasteiger partial charge in [-0.2, -0.15) is 0 Å². The first-order valence-corrected chi connectivity index (χ1v) is 6.75. The van der Waals surface area contributed by atoms with Crippen molar-refractivity contribution in [1.29, 1.82) is 0 Å². The molecule has 0 spiro atoms. The van der Waals surface area contributed by atoms with Gasteiger partial charge in [-0.05, 0) is 31.4 Å². The summed E-state index contributed by atoms with van der Waals surface area (Å²) in [6.07, 6.45) is 4.90. The van der Waals surface area contributed by atoms with Gasteiger partial charge in [-0.15, -0.1) is 0 Å². The Kier molecular flexibility index (Phi) is 5.78. The molecule has 1 aliphatic rings. The molecule has 0 aromatic carbocycles. The van der Waals surface area contributed by atoms with Crippen molar-refractivity contribution in [3.05, 3.63) is 30.1 Å². The van der Waals surface area contributed by atoms with Gasteiger partial charge in [-0.1, -0.05) is 6.07 Å². The summed E-state index contributed by atoms with van der Waals surface area (Å²) < 4.78 is 11.0. The molecule has 1 amide bonds. The second-order valence-corrected chi connectivity index (χ2v) is 4.53. The Morgan fingerprint density at radius 2 is 2.47 bits per heavy atom. The van der Waals surface area contributed by atoms with Crippen LogP contribution in [0.4, 0.5) is 0 Å². The standard InChI is InChI=1S/C14H20N2O3/c17-14(13-6-1-2-7-15-13)16-8-4-9-18-11-12-5-3-10-19-12/h1-2,6-7,12H,3-5,8-11H2,(H,16,17). The van der Waals surface area contributed by atoms with Crippen molar-refractivity contribution in [1.82, 2.24) is 10.3 Å². The normalized spacial score (nSPS) is 18.4. The fourth-order valence-corrected chi connectivity index (χ4v) is 1.95. The average Bonchev–Trinajstić information content (AvgIpc) is 2.96. The summed E-state index contributed by atoms with van der Waals surface area (Å²) in [7, 11) is 0. The number of rotatable bonds is 7. The van der Waals surface area contributed by atoms with Crippen LogP contribution in [0.5, 0.6) is 0 Å². The minimum absolute atomic E-state index is 0.139. The molecule has 2 heterocycles. The van der Waals surface area contributed by atoms with Crippen LogP contribution in [-0.4, -0.2) is 43.4 Å². The van der Waals surface area contributed by atoms with E-state index in [0.717, 1.165) is 25.9 Å². The van der Waals surface area contributed by atoms with Crippen LogP contribution >= 0.6 is 0 Å². The molecular weight excluding hydrogens is 244 g/mol. The lowest BCUT2D eigenvalue weighted by atomic mass is 10.2. The molecule has 1 aromatic rings. The number of nitrogens with zero attached hydrogens (tertiary/aromatic N) is 1. The fourth-order valence-electron chi connectivity index (χ4n) is 1.95. The largest absolute Gasteiger partial charge is 0.379 e. The lowest BCUT2D eigenvalue weighted by Gasteiger charge is -2.10. The van der Waals surface area contributed by atoms with Gasteiger partial charge in [0, 0.05) is 26.0 Å². The number of nitrogens with one attached hydrogen (secondary N) is 1. The molecule has 1 unspecified atom stereocenters. The van der Waals surface area contributed by atoms with Gasteiger partial charge in [0.1, 0.15) is 5.69 Å². The van der Waals surface area contributed by atoms with E-state index in [1.165, 1.54) is 0 Å². The number of hydrogen-bond donors (Lipinski definition) is 1. The van der Waals surface area contributed by atoms with Crippen molar-refractivity contribution in [2.24, 2.45) is 0 Å². The number of ether oxygens (including phenoxy) is 2. The van der Waals surface area contributed by atoms with Crippen LogP contribution in [0.2, 0.25) is 0 Å². The second kappa shape index (κ2) is 7.86. The minimum Gasteiger partial charge on any atom is -0.379 e. The van der Waals surface area contributed by atoms with E-state index in [4.69, 9.17) is 9.47 Å². The van der Waals surface area contributed by atoms with E-state index < -0.39 is 0 Å². The predicted octanol–water partition coefficient (Wildman–Crippen LogP) is 1.40. The summed E-state index contributed by atoms with van der Waals surface area (Å²) in [5.74, 6) is -0.139. The molecular formula is C14H20N2O3. The van der Waals surface area contributed by atoms with Crippen molar-refractivity contribution < 1.29 is 14.3 Å². The Balaban J connectivity index is 1.51. The average molecular weight is 264 g/mol. The maximum atomic E-state index is 11.7. The maximum Gasteiger partial charge on any atom is 0.269 e. The quantitative estimate of drug-likeness (QED) is 0.756. The Morgan fingerprint density at radius 3 is 3.21 bits per heavy atom. The molecule has 0 bridgehead atoms. The first-order valence-electron chi connectivity index (χ1n) is 6.75. The zero-order chi connectivity index (χ0) is 13.3. The molecule has 5 nitrogen and oxygen atoms in total. The fraction of sp³-hybridized carbons (Fsp3) is 0.571. The number of carbonyl (C=O) groups is 1. The van der Waals surface area contributed by atoms with Crippen molar-refractivity contribution in [3.63, 3.8) is 0 Å². The van der Waals surface area contributed by atoms with Gasteiger partial charge in [0.2, 0.25) is 0 Å². The SMILES string of the molecule is O=C(NCCCOCC1CCCO1)c1ccccn1. The van der Waals surface area contributed by atoms with Crippen molar-refractivity contribution >= 4 is 5.91 Å². The van der Waals surface area contributed by atoms with Gasteiger partial charge < -0.3 is 14.8 Å². The van der Waals surface area contributed by atoms with E-state index in [1.54, 1.807) is 24.4 Å². The van der Waals surface area contributed by atoms with E-state index in [-0.39, 0.29) is 12.0 Å². The minimum atomic E-state index is -0.139. The number of hydrogen-bond acceptors (Lipinski definition) is 4. The highest BCUT2D eigenvalue weighted by Gasteiger charge is 2.14. The second-order valence-electron chi connectivity index (χ2n) is 4.53. The van der Waals surface area contributed by atoms with Crippen LogP contribution in [0.3, 0.4) is 0 Å². The van der Waals surface area contributed by atoms with Crippen molar-refractivity contribution in [2.75, 3.05) is 26.4 Å². The Morgan fingerprint density at radius 1 is 1.53 bits per heavy atom. The van der Waals surface area contributed by atoms with Crippen LogP contribution in [0.1, 0.15) is 29.8 Å². The Bertz CT molecular complexity index is 378. The highest BCUT2D eigenvalue weighted by Crippen LogP contribution is 2.11. The third-order valence-electron chi connectivity index (χ3n) is 2.98. The van der Waals surface area contributed by atoms with Crippen LogP contribution in [0.15, 0.2) is 24.4 Å². The number of aromatic nitrogens is 1. The molecule has 19 heavy (non-hydrogen) atoms. The molecule has 0 radical (unpaired) electrons. The Labute approximate surface area is 113 Å². The van der Waals surface area contributed by atoms with Gasteiger partial charge in [-0.3, -0.25) is 9.78 Å². The highest BCUT2D eigenvalue weighted by molar-refractivity contribution is 5.92. The lowest BCUT2D eigenvalue weighted by Crippen LogP contribution is -2.26. The zero-order valence-corrected chi connectivity index (χ0v) is 11.0. The van der Waals surface area contributed by atoms with Crippen molar-refractivity contribution in [2.45, 2.75) is 25.4 Å².